The third-order valence-corrected chi connectivity index (χ3v) is 5.24. The minimum Gasteiger partial charge on any atom is -0.444 e. The van der Waals surface area contributed by atoms with Crippen LogP contribution in [0.25, 0.3) is 0 Å². The standard InChI is InChI=1S/C16H24IN5O2/c1-16(2,3)24-15(23)22-10-5-6-11(22)8-12(7-10)21(4)13-9-18-14(17)20-19-13/h9-12H,5-8H2,1-4H3. The van der Waals surface area contributed by atoms with Crippen LogP contribution in [-0.4, -0.2) is 56.9 Å². The first kappa shape index (κ1) is 17.6. The number of aromatic nitrogens is 3. The second-order valence-corrected chi connectivity index (χ2v) is 8.56. The van der Waals surface area contributed by atoms with Crippen molar-refractivity contribution in [2.75, 3.05) is 11.9 Å². The molecule has 0 saturated carbocycles. The van der Waals surface area contributed by atoms with Gasteiger partial charge in [-0.05, 0) is 46.5 Å². The molecule has 132 valence electrons. The molecule has 1 amide bonds. The fourth-order valence-electron chi connectivity index (χ4n) is 3.68. The van der Waals surface area contributed by atoms with Gasteiger partial charge in [-0.2, -0.15) is 0 Å². The van der Waals surface area contributed by atoms with Crippen LogP contribution >= 0.6 is 22.6 Å². The molecule has 0 radical (unpaired) electrons. The lowest BCUT2D eigenvalue weighted by Crippen LogP contribution is -2.53. The number of anilines is 1. The van der Waals surface area contributed by atoms with Crippen molar-refractivity contribution in [3.8, 4) is 0 Å². The maximum absolute atomic E-state index is 12.5. The molecule has 0 N–H and O–H groups in total. The van der Waals surface area contributed by atoms with E-state index < -0.39 is 5.60 Å². The Labute approximate surface area is 156 Å². The third-order valence-electron chi connectivity index (χ3n) is 4.74. The molecule has 2 bridgehead atoms. The number of ether oxygens (including phenoxy) is 1. The van der Waals surface area contributed by atoms with Gasteiger partial charge in [0.15, 0.2) is 5.82 Å². The highest BCUT2D eigenvalue weighted by atomic mass is 127. The van der Waals surface area contributed by atoms with E-state index in [1.54, 1.807) is 6.20 Å². The van der Waals surface area contributed by atoms with E-state index in [0.29, 0.717) is 9.87 Å². The minimum atomic E-state index is -0.452. The molecule has 2 unspecified atom stereocenters. The summed E-state index contributed by atoms with van der Waals surface area (Å²) in [5.41, 5.74) is -0.452. The molecular weight excluding hydrogens is 421 g/mol. The first-order chi connectivity index (χ1) is 11.2. The first-order valence-corrected chi connectivity index (χ1v) is 9.42. The lowest BCUT2D eigenvalue weighted by atomic mass is 9.96. The van der Waals surface area contributed by atoms with Gasteiger partial charge in [0, 0.05) is 47.8 Å². The van der Waals surface area contributed by atoms with Crippen LogP contribution in [0.4, 0.5) is 10.6 Å². The zero-order chi connectivity index (χ0) is 17.5. The van der Waals surface area contributed by atoms with E-state index in [4.69, 9.17) is 4.74 Å². The Hall–Kier alpha value is -1.19. The lowest BCUT2D eigenvalue weighted by molar-refractivity contribution is 0.00597. The highest BCUT2D eigenvalue weighted by Crippen LogP contribution is 2.38. The van der Waals surface area contributed by atoms with Crippen LogP contribution in [0, 0.1) is 3.83 Å². The molecule has 3 rings (SSSR count). The van der Waals surface area contributed by atoms with Gasteiger partial charge in [0.2, 0.25) is 3.83 Å². The minimum absolute atomic E-state index is 0.174. The summed E-state index contributed by atoms with van der Waals surface area (Å²) in [6.45, 7) is 5.74. The molecule has 2 saturated heterocycles. The van der Waals surface area contributed by atoms with E-state index in [1.165, 1.54) is 0 Å². The third kappa shape index (κ3) is 3.73. The Balaban J connectivity index is 1.68. The Kier molecular flexibility index (Phi) is 4.85. The molecule has 8 heteroatoms. The molecular formula is C16H24IN5O2. The van der Waals surface area contributed by atoms with E-state index >= 15 is 0 Å². The van der Waals surface area contributed by atoms with E-state index in [0.717, 1.165) is 31.5 Å². The summed E-state index contributed by atoms with van der Waals surface area (Å²) in [6, 6.07) is 0.837. The van der Waals surface area contributed by atoms with Crippen LogP contribution in [0.1, 0.15) is 46.5 Å². The average Bonchev–Trinajstić information content (AvgIpc) is 2.76. The summed E-state index contributed by atoms with van der Waals surface area (Å²) in [5.74, 6) is 0.783. The smallest absolute Gasteiger partial charge is 0.410 e. The second-order valence-electron chi connectivity index (χ2n) is 7.59. The van der Waals surface area contributed by atoms with E-state index in [2.05, 4.69) is 20.1 Å². The summed E-state index contributed by atoms with van der Waals surface area (Å²) >= 11 is 2.05. The van der Waals surface area contributed by atoms with Crippen molar-refractivity contribution >= 4 is 34.5 Å². The number of hydrogen-bond acceptors (Lipinski definition) is 6. The maximum Gasteiger partial charge on any atom is 0.410 e. The molecule has 2 atom stereocenters. The van der Waals surface area contributed by atoms with Crippen molar-refractivity contribution in [2.24, 2.45) is 0 Å². The van der Waals surface area contributed by atoms with Crippen LogP contribution in [0.15, 0.2) is 6.20 Å². The van der Waals surface area contributed by atoms with Gasteiger partial charge in [0.25, 0.3) is 0 Å². The van der Waals surface area contributed by atoms with E-state index in [-0.39, 0.29) is 18.2 Å². The summed E-state index contributed by atoms with van der Waals surface area (Å²) in [4.78, 5) is 20.8. The van der Waals surface area contributed by atoms with Crippen molar-refractivity contribution in [3.05, 3.63) is 10.0 Å². The number of piperidine rings is 1. The largest absolute Gasteiger partial charge is 0.444 e. The number of carbonyl (C=O) groups excluding carboxylic acids is 1. The van der Waals surface area contributed by atoms with Crippen LogP contribution < -0.4 is 4.90 Å². The lowest BCUT2D eigenvalue weighted by Gasteiger charge is -2.42. The molecule has 2 fully saturated rings. The van der Waals surface area contributed by atoms with Gasteiger partial charge in [-0.25, -0.2) is 9.78 Å². The Morgan fingerprint density at radius 2 is 1.92 bits per heavy atom. The predicted octanol–water partition coefficient (Wildman–Crippen LogP) is 2.84. The number of rotatable bonds is 2. The van der Waals surface area contributed by atoms with Gasteiger partial charge in [-0.3, -0.25) is 0 Å². The number of amides is 1. The zero-order valence-electron chi connectivity index (χ0n) is 14.6. The monoisotopic (exact) mass is 445 g/mol. The van der Waals surface area contributed by atoms with E-state index in [9.17, 15) is 4.79 Å². The van der Waals surface area contributed by atoms with Crippen LogP contribution in [-0.2, 0) is 4.74 Å². The van der Waals surface area contributed by atoms with E-state index in [1.807, 2.05) is 55.3 Å². The number of fused-ring (bicyclic) bond motifs is 2. The summed E-state index contributed by atoms with van der Waals surface area (Å²) < 4.78 is 6.23. The Morgan fingerprint density at radius 1 is 1.29 bits per heavy atom. The van der Waals surface area contributed by atoms with Crippen LogP contribution in [0.3, 0.4) is 0 Å². The summed E-state index contributed by atoms with van der Waals surface area (Å²) in [6.07, 6.45) is 5.54. The summed E-state index contributed by atoms with van der Waals surface area (Å²) in [7, 11) is 2.03. The van der Waals surface area contributed by atoms with Crippen molar-refractivity contribution < 1.29 is 9.53 Å². The molecule has 2 aliphatic heterocycles. The number of carbonyl (C=O) groups is 1. The van der Waals surface area contributed by atoms with Crippen molar-refractivity contribution in [1.29, 1.82) is 0 Å². The van der Waals surface area contributed by atoms with Gasteiger partial charge in [0.1, 0.15) is 5.60 Å². The van der Waals surface area contributed by atoms with Crippen LogP contribution in [0.5, 0.6) is 0 Å². The number of nitrogens with zero attached hydrogens (tertiary/aromatic N) is 5. The highest BCUT2D eigenvalue weighted by molar-refractivity contribution is 14.1. The van der Waals surface area contributed by atoms with Gasteiger partial charge < -0.3 is 14.5 Å². The molecule has 0 aliphatic carbocycles. The molecule has 2 aliphatic rings. The quantitative estimate of drug-likeness (QED) is 0.653. The number of hydrogen-bond donors (Lipinski definition) is 0. The van der Waals surface area contributed by atoms with Crippen LogP contribution in [0.2, 0.25) is 0 Å². The number of halogens is 1. The van der Waals surface area contributed by atoms with Gasteiger partial charge in [0.05, 0.1) is 6.20 Å². The molecule has 1 aromatic rings. The molecule has 24 heavy (non-hydrogen) atoms. The normalized spacial score (nSPS) is 26.4. The molecule has 1 aromatic heterocycles. The fourth-order valence-corrected chi connectivity index (χ4v) is 3.93. The van der Waals surface area contributed by atoms with Crippen molar-refractivity contribution in [1.82, 2.24) is 20.1 Å². The molecule has 3 heterocycles. The fraction of sp³-hybridized carbons (Fsp3) is 0.750. The maximum atomic E-state index is 12.5. The first-order valence-electron chi connectivity index (χ1n) is 8.34. The molecule has 0 aromatic carbocycles. The molecule has 7 nitrogen and oxygen atoms in total. The predicted molar refractivity (Wildman–Crippen MR) is 98.9 cm³/mol. The van der Waals surface area contributed by atoms with Gasteiger partial charge >= 0.3 is 6.09 Å². The van der Waals surface area contributed by atoms with Crippen molar-refractivity contribution in [2.45, 2.75) is 70.2 Å². The second kappa shape index (κ2) is 6.61. The topological polar surface area (TPSA) is 71.5 Å². The highest BCUT2D eigenvalue weighted by Gasteiger charge is 2.45. The average molecular weight is 445 g/mol. The Bertz CT molecular complexity index is 589. The zero-order valence-corrected chi connectivity index (χ0v) is 16.7. The Morgan fingerprint density at radius 3 is 2.42 bits per heavy atom. The van der Waals surface area contributed by atoms with Gasteiger partial charge in [-0.15, -0.1) is 10.2 Å². The molecule has 0 spiro atoms. The van der Waals surface area contributed by atoms with Gasteiger partial charge in [-0.1, -0.05) is 0 Å². The SMILES string of the molecule is CN(c1cnc(I)nn1)C1CC2CCC(C1)N2C(=O)OC(C)(C)C. The van der Waals surface area contributed by atoms with Crippen molar-refractivity contribution in [3.63, 3.8) is 0 Å². The summed E-state index contributed by atoms with van der Waals surface area (Å²) in [5, 5.41) is 8.26.